The van der Waals surface area contributed by atoms with E-state index in [2.05, 4.69) is 4.90 Å². The van der Waals surface area contributed by atoms with Crippen molar-refractivity contribution in [2.75, 3.05) is 26.3 Å². The minimum Gasteiger partial charge on any atom is -0.295 e. The Morgan fingerprint density at radius 2 is 1.75 bits per heavy atom. The molecular weight excluding hydrogens is 229 g/mol. The number of likely N-dealkylation sites (tertiary alicyclic amines) is 1. The first kappa shape index (κ1) is 12.5. The smallest absolute Gasteiger partial charge is 0.295 e. The van der Waals surface area contributed by atoms with Crippen molar-refractivity contribution in [1.82, 2.24) is 4.90 Å². The molecule has 0 N–H and O–H groups in total. The van der Waals surface area contributed by atoms with E-state index < -0.39 is 7.82 Å². The molecule has 0 radical (unpaired) electrons. The van der Waals surface area contributed by atoms with E-state index in [0.29, 0.717) is 13.2 Å². The molecule has 0 aromatic heterocycles. The molecule has 1 heterocycles. The first-order valence-corrected chi connectivity index (χ1v) is 7.44. The van der Waals surface area contributed by atoms with Crippen LogP contribution in [0, 0.1) is 0 Å². The number of hydrogen-bond donors (Lipinski definition) is 0. The Balaban J connectivity index is 1.75. The van der Waals surface area contributed by atoms with Crippen LogP contribution in [-0.4, -0.2) is 43.3 Å². The van der Waals surface area contributed by atoms with E-state index >= 15 is 0 Å². The van der Waals surface area contributed by atoms with Gasteiger partial charge in [-0.2, -0.15) is 0 Å². The van der Waals surface area contributed by atoms with Crippen molar-refractivity contribution in [3.8, 4) is 0 Å². The molecule has 0 atom stereocenters. The molecule has 0 amide bonds. The molecule has 0 spiro atoms. The lowest BCUT2D eigenvalue weighted by molar-refractivity contribution is -0.0154. The molecule has 2 rings (SSSR count). The van der Waals surface area contributed by atoms with Gasteiger partial charge in [-0.3, -0.25) is 18.5 Å². The second kappa shape index (κ2) is 5.15. The molecule has 6 heteroatoms. The quantitative estimate of drug-likeness (QED) is 0.646. The maximum atomic E-state index is 12.0. The zero-order chi connectivity index (χ0) is 11.6. The van der Waals surface area contributed by atoms with Crippen molar-refractivity contribution in [2.24, 2.45) is 0 Å². The van der Waals surface area contributed by atoms with Crippen LogP contribution in [0.1, 0.15) is 26.7 Å². The molecule has 1 saturated carbocycles. The van der Waals surface area contributed by atoms with Crippen molar-refractivity contribution in [3.63, 3.8) is 0 Å². The molecule has 1 aliphatic heterocycles. The van der Waals surface area contributed by atoms with Gasteiger partial charge in [0, 0.05) is 19.1 Å². The van der Waals surface area contributed by atoms with Gasteiger partial charge in [-0.05, 0) is 26.7 Å². The third kappa shape index (κ3) is 3.05. The summed E-state index contributed by atoms with van der Waals surface area (Å²) in [6, 6.07) is 0.749. The summed E-state index contributed by atoms with van der Waals surface area (Å²) >= 11 is 0. The molecule has 0 aromatic rings. The predicted octanol–water partition coefficient (Wildman–Crippen LogP) is 2.03. The van der Waals surface area contributed by atoms with Crippen LogP contribution in [0.25, 0.3) is 0 Å². The molecule has 0 unspecified atom stereocenters. The van der Waals surface area contributed by atoms with Gasteiger partial charge < -0.3 is 0 Å². The van der Waals surface area contributed by atoms with Gasteiger partial charge in [0.25, 0.3) is 0 Å². The van der Waals surface area contributed by atoms with Crippen LogP contribution in [0.5, 0.6) is 0 Å². The van der Waals surface area contributed by atoms with Crippen molar-refractivity contribution >= 4 is 7.82 Å². The van der Waals surface area contributed by atoms with Crippen LogP contribution in [0.3, 0.4) is 0 Å². The maximum absolute atomic E-state index is 12.0. The highest BCUT2D eigenvalue weighted by molar-refractivity contribution is 7.48. The van der Waals surface area contributed by atoms with E-state index in [0.717, 1.165) is 19.1 Å². The lowest BCUT2D eigenvalue weighted by Gasteiger charge is -2.39. The molecule has 5 nitrogen and oxygen atoms in total. The SMILES string of the molecule is CCOP(=O)(OCC)OC1CN(C2CC2)C1. The number of phosphoric ester groups is 1. The Hall–Kier alpha value is 0.0700. The van der Waals surface area contributed by atoms with Gasteiger partial charge in [-0.25, -0.2) is 4.57 Å². The van der Waals surface area contributed by atoms with Gasteiger partial charge in [0.05, 0.1) is 19.3 Å². The lowest BCUT2D eigenvalue weighted by atomic mass is 10.2. The van der Waals surface area contributed by atoms with E-state index in [1.807, 2.05) is 0 Å². The summed E-state index contributed by atoms with van der Waals surface area (Å²) in [5, 5.41) is 0. The lowest BCUT2D eigenvalue weighted by Crippen LogP contribution is -2.52. The summed E-state index contributed by atoms with van der Waals surface area (Å²) in [5.41, 5.74) is 0. The normalized spacial score (nSPS) is 23.4. The third-order valence-corrected chi connectivity index (χ3v) is 4.50. The monoisotopic (exact) mass is 249 g/mol. The summed E-state index contributed by atoms with van der Waals surface area (Å²) in [6.07, 6.45) is 2.59. The third-order valence-electron chi connectivity index (χ3n) is 2.79. The van der Waals surface area contributed by atoms with Gasteiger partial charge in [0.1, 0.15) is 0 Å². The molecule has 1 aliphatic carbocycles. The molecule has 0 aromatic carbocycles. The summed E-state index contributed by atoms with van der Waals surface area (Å²) in [4.78, 5) is 2.35. The van der Waals surface area contributed by atoms with Crippen LogP contribution in [0.2, 0.25) is 0 Å². The van der Waals surface area contributed by atoms with E-state index in [1.54, 1.807) is 13.8 Å². The summed E-state index contributed by atoms with van der Waals surface area (Å²) in [6.45, 7) is 5.97. The molecule has 1 saturated heterocycles. The van der Waals surface area contributed by atoms with Crippen molar-refractivity contribution in [2.45, 2.75) is 38.8 Å². The standard InChI is InChI=1S/C10H20NO4P/c1-3-13-16(12,14-4-2)15-10-7-11(8-10)9-5-6-9/h9-10H,3-8H2,1-2H3. The molecule has 2 fully saturated rings. The van der Waals surface area contributed by atoms with Crippen molar-refractivity contribution in [1.29, 1.82) is 0 Å². The highest BCUT2D eigenvalue weighted by Gasteiger charge is 2.42. The summed E-state index contributed by atoms with van der Waals surface area (Å²) in [7, 11) is -3.30. The summed E-state index contributed by atoms with van der Waals surface area (Å²) in [5.74, 6) is 0. The molecular formula is C10H20NO4P. The minimum absolute atomic E-state index is 0.00420. The minimum atomic E-state index is -3.30. The Morgan fingerprint density at radius 1 is 1.19 bits per heavy atom. The number of hydrogen-bond acceptors (Lipinski definition) is 5. The Morgan fingerprint density at radius 3 is 2.19 bits per heavy atom. The largest absolute Gasteiger partial charge is 0.475 e. The average molecular weight is 249 g/mol. The van der Waals surface area contributed by atoms with Crippen LogP contribution in [-0.2, 0) is 18.1 Å². The highest BCUT2D eigenvalue weighted by Crippen LogP contribution is 2.51. The Labute approximate surface area is 96.7 Å². The Kier molecular flexibility index (Phi) is 4.03. The fourth-order valence-electron chi connectivity index (χ4n) is 1.87. The van der Waals surface area contributed by atoms with E-state index in [1.165, 1.54) is 12.8 Å². The van der Waals surface area contributed by atoms with E-state index in [4.69, 9.17) is 13.6 Å². The molecule has 94 valence electrons. The van der Waals surface area contributed by atoms with Crippen LogP contribution in [0.15, 0.2) is 0 Å². The zero-order valence-corrected chi connectivity index (χ0v) is 10.8. The molecule has 2 aliphatic rings. The fourth-order valence-corrected chi connectivity index (χ4v) is 3.20. The average Bonchev–Trinajstić information content (AvgIpc) is 2.95. The molecule has 16 heavy (non-hydrogen) atoms. The Bertz CT molecular complexity index is 266. The van der Waals surface area contributed by atoms with Gasteiger partial charge in [-0.1, -0.05) is 0 Å². The zero-order valence-electron chi connectivity index (χ0n) is 9.92. The van der Waals surface area contributed by atoms with Crippen LogP contribution >= 0.6 is 7.82 Å². The molecule has 0 bridgehead atoms. The van der Waals surface area contributed by atoms with Crippen LogP contribution < -0.4 is 0 Å². The second-order valence-corrected chi connectivity index (χ2v) is 5.82. The topological polar surface area (TPSA) is 48.0 Å². The first-order chi connectivity index (χ1) is 7.67. The van der Waals surface area contributed by atoms with Crippen molar-refractivity contribution in [3.05, 3.63) is 0 Å². The summed E-state index contributed by atoms with van der Waals surface area (Å²) < 4.78 is 27.6. The van der Waals surface area contributed by atoms with Gasteiger partial charge in [-0.15, -0.1) is 0 Å². The van der Waals surface area contributed by atoms with Gasteiger partial charge >= 0.3 is 7.82 Å². The number of phosphoric acid groups is 1. The van der Waals surface area contributed by atoms with Crippen molar-refractivity contribution < 1.29 is 18.1 Å². The van der Waals surface area contributed by atoms with E-state index in [-0.39, 0.29) is 6.10 Å². The number of nitrogens with zero attached hydrogens (tertiary/aromatic N) is 1. The highest BCUT2D eigenvalue weighted by atomic mass is 31.2. The van der Waals surface area contributed by atoms with Gasteiger partial charge in [0.2, 0.25) is 0 Å². The van der Waals surface area contributed by atoms with E-state index in [9.17, 15) is 4.57 Å². The van der Waals surface area contributed by atoms with Crippen LogP contribution in [0.4, 0.5) is 0 Å². The predicted molar refractivity (Wildman–Crippen MR) is 60.3 cm³/mol. The maximum Gasteiger partial charge on any atom is 0.475 e. The first-order valence-electron chi connectivity index (χ1n) is 5.98. The second-order valence-electron chi connectivity index (χ2n) is 4.20. The van der Waals surface area contributed by atoms with Gasteiger partial charge in [0.15, 0.2) is 0 Å². The number of rotatable bonds is 7. The fraction of sp³-hybridized carbons (Fsp3) is 1.00.